The molecule has 2 rings (SSSR count). The predicted molar refractivity (Wildman–Crippen MR) is 73.7 cm³/mol. The third kappa shape index (κ3) is 3.93. The number of rotatable bonds is 3. The fourth-order valence-corrected chi connectivity index (χ4v) is 1.78. The van der Waals surface area contributed by atoms with E-state index in [-0.39, 0.29) is 17.4 Å². The van der Waals surface area contributed by atoms with Crippen molar-refractivity contribution in [3.05, 3.63) is 64.7 Å². The van der Waals surface area contributed by atoms with Gasteiger partial charge in [-0.05, 0) is 42.0 Å². The van der Waals surface area contributed by atoms with E-state index in [1.54, 1.807) is 0 Å². The molecule has 104 valence electrons. The van der Waals surface area contributed by atoms with Crippen molar-refractivity contribution in [3.63, 3.8) is 0 Å². The second-order valence-corrected chi connectivity index (χ2v) is 4.46. The van der Waals surface area contributed by atoms with Crippen molar-refractivity contribution in [1.29, 1.82) is 0 Å². The lowest BCUT2D eigenvalue weighted by atomic mass is 10.2. The van der Waals surface area contributed by atoms with Crippen LogP contribution in [0.4, 0.5) is 19.3 Å². The molecule has 0 aromatic heterocycles. The van der Waals surface area contributed by atoms with Crippen LogP contribution < -0.4 is 10.6 Å². The Morgan fingerprint density at radius 2 is 1.70 bits per heavy atom. The highest BCUT2D eigenvalue weighted by Crippen LogP contribution is 2.17. The van der Waals surface area contributed by atoms with Crippen molar-refractivity contribution < 1.29 is 13.6 Å². The number of hydrogen-bond acceptors (Lipinski definition) is 1. The van der Waals surface area contributed by atoms with E-state index in [4.69, 9.17) is 11.6 Å². The lowest BCUT2D eigenvalue weighted by Gasteiger charge is -2.08. The molecule has 0 saturated heterocycles. The van der Waals surface area contributed by atoms with E-state index in [2.05, 4.69) is 10.6 Å². The lowest BCUT2D eigenvalue weighted by molar-refractivity contribution is 0.251. The maximum Gasteiger partial charge on any atom is 0.319 e. The van der Waals surface area contributed by atoms with Crippen LogP contribution in [-0.4, -0.2) is 6.03 Å². The van der Waals surface area contributed by atoms with Crippen LogP contribution in [0.1, 0.15) is 5.56 Å². The number of carbonyl (C=O) groups is 1. The summed E-state index contributed by atoms with van der Waals surface area (Å²) in [5.41, 5.74) is 1.07. The Bertz CT molecular complexity index is 617. The van der Waals surface area contributed by atoms with Gasteiger partial charge in [0.15, 0.2) is 0 Å². The minimum Gasteiger partial charge on any atom is -0.334 e. The van der Waals surface area contributed by atoms with E-state index in [1.807, 2.05) is 0 Å². The average molecular weight is 297 g/mol. The molecule has 20 heavy (non-hydrogen) atoms. The molecule has 0 atom stereocenters. The minimum atomic E-state index is -0.461. The van der Waals surface area contributed by atoms with Gasteiger partial charge in [0.2, 0.25) is 0 Å². The number of carbonyl (C=O) groups excluding carboxylic acids is 1. The van der Waals surface area contributed by atoms with Crippen molar-refractivity contribution in [2.75, 3.05) is 5.32 Å². The first kappa shape index (κ1) is 14.3. The molecule has 0 unspecified atom stereocenters. The van der Waals surface area contributed by atoms with E-state index in [1.165, 1.54) is 42.5 Å². The summed E-state index contributed by atoms with van der Waals surface area (Å²) in [5.74, 6) is -0.816. The van der Waals surface area contributed by atoms with Crippen molar-refractivity contribution >= 4 is 23.3 Å². The van der Waals surface area contributed by atoms with E-state index < -0.39 is 11.8 Å². The van der Waals surface area contributed by atoms with Crippen LogP contribution in [0.2, 0.25) is 5.02 Å². The van der Waals surface area contributed by atoms with E-state index >= 15 is 0 Å². The van der Waals surface area contributed by atoms with Gasteiger partial charge in [0.1, 0.15) is 11.6 Å². The van der Waals surface area contributed by atoms with E-state index in [9.17, 15) is 13.6 Å². The second-order valence-electron chi connectivity index (χ2n) is 4.05. The fourth-order valence-electron chi connectivity index (χ4n) is 1.55. The van der Waals surface area contributed by atoms with Crippen molar-refractivity contribution in [1.82, 2.24) is 5.32 Å². The molecule has 3 nitrogen and oxygen atoms in total. The summed E-state index contributed by atoms with van der Waals surface area (Å²) in [4.78, 5) is 11.6. The number of halogens is 3. The topological polar surface area (TPSA) is 41.1 Å². The third-order valence-electron chi connectivity index (χ3n) is 2.56. The van der Waals surface area contributed by atoms with Gasteiger partial charge in [0.25, 0.3) is 0 Å². The SMILES string of the molecule is O=C(NCc1ccc(F)cc1Cl)Nc1ccc(F)cc1. The van der Waals surface area contributed by atoms with Gasteiger partial charge >= 0.3 is 6.03 Å². The number of nitrogens with one attached hydrogen (secondary N) is 2. The van der Waals surface area contributed by atoms with Crippen LogP contribution in [-0.2, 0) is 6.54 Å². The second kappa shape index (κ2) is 6.34. The van der Waals surface area contributed by atoms with Crippen LogP contribution in [0, 0.1) is 11.6 Å². The number of anilines is 1. The van der Waals surface area contributed by atoms with Gasteiger partial charge in [-0.25, -0.2) is 13.6 Å². The minimum absolute atomic E-state index is 0.159. The number of amides is 2. The normalized spacial score (nSPS) is 10.2. The molecule has 2 aromatic carbocycles. The molecule has 0 radical (unpaired) electrons. The summed E-state index contributed by atoms with van der Waals surface area (Å²) in [6.45, 7) is 0.159. The first-order valence-corrected chi connectivity index (χ1v) is 6.17. The molecule has 6 heteroatoms. The number of benzene rings is 2. The standard InChI is InChI=1S/C14H11ClF2N2O/c15-13-7-11(17)2-1-9(13)8-18-14(20)19-12-5-3-10(16)4-6-12/h1-7H,8H2,(H2,18,19,20). The Balaban J connectivity index is 1.90. The van der Waals surface area contributed by atoms with Crippen molar-refractivity contribution in [3.8, 4) is 0 Å². The fraction of sp³-hybridized carbons (Fsp3) is 0.0714. The molecule has 2 N–H and O–H groups in total. The summed E-state index contributed by atoms with van der Waals surface area (Å²) in [6, 6.07) is 8.85. The highest BCUT2D eigenvalue weighted by Gasteiger charge is 2.05. The third-order valence-corrected chi connectivity index (χ3v) is 2.91. The lowest BCUT2D eigenvalue weighted by Crippen LogP contribution is -2.28. The predicted octanol–water partition coefficient (Wildman–Crippen LogP) is 3.94. The molecule has 2 amide bonds. The summed E-state index contributed by atoms with van der Waals surface area (Å²) in [7, 11) is 0. The Hall–Kier alpha value is -2.14. The van der Waals surface area contributed by atoms with Crippen molar-refractivity contribution in [2.45, 2.75) is 6.54 Å². The molecule has 0 aliphatic carbocycles. The van der Waals surface area contributed by atoms with Gasteiger partial charge in [-0.2, -0.15) is 0 Å². The molecule has 0 spiro atoms. The van der Waals surface area contributed by atoms with Gasteiger partial charge in [0.05, 0.1) is 0 Å². The van der Waals surface area contributed by atoms with E-state index in [0.29, 0.717) is 11.3 Å². The van der Waals surface area contributed by atoms with Gasteiger partial charge in [0, 0.05) is 17.3 Å². The van der Waals surface area contributed by atoms with Gasteiger partial charge in [-0.1, -0.05) is 17.7 Å². The summed E-state index contributed by atoms with van der Waals surface area (Å²) in [5, 5.41) is 5.35. The van der Waals surface area contributed by atoms with Crippen molar-refractivity contribution in [2.24, 2.45) is 0 Å². The number of urea groups is 1. The molecule has 0 bridgehead atoms. The largest absolute Gasteiger partial charge is 0.334 e. The first-order chi connectivity index (χ1) is 9.54. The highest BCUT2D eigenvalue weighted by atomic mass is 35.5. The highest BCUT2D eigenvalue weighted by molar-refractivity contribution is 6.31. The van der Waals surface area contributed by atoms with Crippen LogP contribution >= 0.6 is 11.6 Å². The monoisotopic (exact) mass is 296 g/mol. The zero-order valence-corrected chi connectivity index (χ0v) is 11.0. The molecule has 0 fully saturated rings. The summed E-state index contributed by atoms with van der Waals surface area (Å²) in [6.07, 6.45) is 0. The Morgan fingerprint density at radius 3 is 2.35 bits per heavy atom. The molecule has 0 heterocycles. The molecule has 0 aliphatic rings. The van der Waals surface area contributed by atoms with Crippen LogP contribution in [0.25, 0.3) is 0 Å². The Morgan fingerprint density at radius 1 is 1.05 bits per heavy atom. The molecule has 0 saturated carbocycles. The molecular formula is C14H11ClF2N2O. The Labute approximate surface area is 119 Å². The van der Waals surface area contributed by atoms with Gasteiger partial charge in [-0.3, -0.25) is 0 Å². The van der Waals surface area contributed by atoms with Gasteiger partial charge < -0.3 is 10.6 Å². The maximum absolute atomic E-state index is 12.9. The van der Waals surface area contributed by atoms with Crippen LogP contribution in [0.3, 0.4) is 0 Å². The zero-order chi connectivity index (χ0) is 14.5. The van der Waals surface area contributed by atoms with Crippen LogP contribution in [0.15, 0.2) is 42.5 Å². The first-order valence-electron chi connectivity index (χ1n) is 5.79. The van der Waals surface area contributed by atoms with Crippen LogP contribution in [0.5, 0.6) is 0 Å². The maximum atomic E-state index is 12.9. The van der Waals surface area contributed by atoms with E-state index in [0.717, 1.165) is 0 Å². The summed E-state index contributed by atoms with van der Waals surface area (Å²) < 4.78 is 25.5. The quantitative estimate of drug-likeness (QED) is 0.885. The smallest absolute Gasteiger partial charge is 0.319 e. The molecule has 0 aliphatic heterocycles. The zero-order valence-electron chi connectivity index (χ0n) is 10.3. The summed E-state index contributed by atoms with van der Waals surface area (Å²) >= 11 is 5.84. The molecular weight excluding hydrogens is 286 g/mol. The Kier molecular flexibility index (Phi) is 4.53. The van der Waals surface area contributed by atoms with Gasteiger partial charge in [-0.15, -0.1) is 0 Å². The molecule has 2 aromatic rings. The average Bonchev–Trinajstić information content (AvgIpc) is 2.40. The number of hydrogen-bond donors (Lipinski definition) is 2.